The van der Waals surface area contributed by atoms with Gasteiger partial charge in [-0.05, 0) is 24.4 Å². The van der Waals surface area contributed by atoms with Crippen molar-refractivity contribution in [1.82, 2.24) is 15.1 Å². The lowest BCUT2D eigenvalue weighted by atomic mass is 10.1. The van der Waals surface area contributed by atoms with Crippen LogP contribution in [0.5, 0.6) is 0 Å². The number of aromatic nitrogens is 2. The second-order valence-corrected chi connectivity index (χ2v) is 5.74. The Kier molecular flexibility index (Phi) is 5.40. The van der Waals surface area contributed by atoms with Crippen molar-refractivity contribution in [3.05, 3.63) is 71.1 Å². The Labute approximate surface area is 154 Å². The number of hydrogen-bond donors (Lipinski definition) is 2. The molecule has 0 spiro atoms. The molecule has 0 unspecified atom stereocenters. The van der Waals surface area contributed by atoms with Gasteiger partial charge in [-0.1, -0.05) is 0 Å². The first-order valence-electron chi connectivity index (χ1n) is 7.47. The fraction of sp³-hybridized carbons (Fsp3) is 0.125. The SMILES string of the molecule is Fc1c(F)c(F)c(Cn2ccc(NC(=S)NCc3ccco3)n2)c(F)c1F. The minimum Gasteiger partial charge on any atom is -0.467 e. The highest BCUT2D eigenvalue weighted by molar-refractivity contribution is 7.80. The second kappa shape index (κ2) is 7.74. The maximum absolute atomic E-state index is 13.7. The number of anilines is 1. The molecule has 11 heteroatoms. The lowest BCUT2D eigenvalue weighted by Crippen LogP contribution is -2.28. The number of benzene rings is 1. The topological polar surface area (TPSA) is 55.0 Å². The molecule has 0 saturated heterocycles. The molecule has 0 fully saturated rings. The van der Waals surface area contributed by atoms with Crippen molar-refractivity contribution in [3.63, 3.8) is 0 Å². The Morgan fingerprint density at radius 2 is 1.70 bits per heavy atom. The predicted molar refractivity (Wildman–Crippen MR) is 89.3 cm³/mol. The average Bonchev–Trinajstić information content (AvgIpc) is 3.32. The monoisotopic (exact) mass is 402 g/mol. The van der Waals surface area contributed by atoms with Gasteiger partial charge in [0.25, 0.3) is 0 Å². The van der Waals surface area contributed by atoms with E-state index in [2.05, 4.69) is 15.7 Å². The summed E-state index contributed by atoms with van der Waals surface area (Å²) in [7, 11) is 0. The van der Waals surface area contributed by atoms with E-state index < -0.39 is 41.2 Å². The molecule has 1 aromatic carbocycles. The largest absolute Gasteiger partial charge is 0.467 e. The molecular weight excluding hydrogens is 391 g/mol. The third-order valence-electron chi connectivity index (χ3n) is 3.51. The Morgan fingerprint density at radius 1 is 1.04 bits per heavy atom. The highest BCUT2D eigenvalue weighted by Gasteiger charge is 2.25. The van der Waals surface area contributed by atoms with Gasteiger partial charge in [-0.15, -0.1) is 0 Å². The Balaban J connectivity index is 1.67. The number of rotatable bonds is 5. The number of furan rings is 1. The van der Waals surface area contributed by atoms with Crippen LogP contribution in [0.25, 0.3) is 0 Å². The summed E-state index contributed by atoms with van der Waals surface area (Å²) < 4.78 is 73.1. The lowest BCUT2D eigenvalue weighted by molar-refractivity contribution is 0.367. The molecule has 2 aromatic heterocycles. The standard InChI is InChI=1S/C16H11F5N4OS/c17-11-9(12(18)14(20)15(21)13(11)19)7-25-4-3-10(24-25)23-16(27)22-6-8-2-1-5-26-8/h1-5H,6-7H2,(H2,22,23,24,27). The third-order valence-corrected chi connectivity index (χ3v) is 3.75. The van der Waals surface area contributed by atoms with Crippen LogP contribution in [0, 0.1) is 29.1 Å². The van der Waals surface area contributed by atoms with Gasteiger partial charge in [-0.2, -0.15) is 5.10 Å². The summed E-state index contributed by atoms with van der Waals surface area (Å²) in [5.74, 6) is -9.13. The van der Waals surface area contributed by atoms with Gasteiger partial charge in [0.05, 0.1) is 24.9 Å². The molecule has 3 rings (SSSR count). The van der Waals surface area contributed by atoms with Crippen molar-refractivity contribution >= 4 is 23.1 Å². The Morgan fingerprint density at radius 3 is 2.33 bits per heavy atom. The third kappa shape index (κ3) is 4.08. The van der Waals surface area contributed by atoms with Crippen molar-refractivity contribution in [2.45, 2.75) is 13.1 Å². The molecule has 0 amide bonds. The van der Waals surface area contributed by atoms with Crippen LogP contribution < -0.4 is 10.6 Å². The molecule has 0 aliphatic heterocycles. The molecule has 5 nitrogen and oxygen atoms in total. The molecule has 0 radical (unpaired) electrons. The van der Waals surface area contributed by atoms with Crippen molar-refractivity contribution < 1.29 is 26.4 Å². The smallest absolute Gasteiger partial charge is 0.200 e. The van der Waals surface area contributed by atoms with Gasteiger partial charge in [-0.25, -0.2) is 22.0 Å². The normalized spacial score (nSPS) is 10.9. The van der Waals surface area contributed by atoms with E-state index in [9.17, 15) is 22.0 Å². The maximum atomic E-state index is 13.7. The number of halogens is 5. The zero-order valence-corrected chi connectivity index (χ0v) is 14.2. The van der Waals surface area contributed by atoms with Crippen molar-refractivity contribution in [1.29, 1.82) is 0 Å². The quantitative estimate of drug-likeness (QED) is 0.295. The van der Waals surface area contributed by atoms with Gasteiger partial charge in [0.1, 0.15) is 5.76 Å². The van der Waals surface area contributed by atoms with Gasteiger partial charge in [0.15, 0.2) is 34.2 Å². The highest BCUT2D eigenvalue weighted by Crippen LogP contribution is 2.23. The van der Waals surface area contributed by atoms with Gasteiger partial charge in [0.2, 0.25) is 5.82 Å². The van der Waals surface area contributed by atoms with E-state index in [-0.39, 0.29) is 10.9 Å². The Hall–Kier alpha value is -2.95. The van der Waals surface area contributed by atoms with E-state index in [0.29, 0.717) is 12.3 Å². The lowest BCUT2D eigenvalue weighted by Gasteiger charge is -2.09. The molecule has 0 saturated carbocycles. The molecule has 3 aromatic rings. The molecule has 0 aliphatic carbocycles. The van der Waals surface area contributed by atoms with Crippen LogP contribution in [0.3, 0.4) is 0 Å². The van der Waals surface area contributed by atoms with Crippen LogP contribution in [0.4, 0.5) is 27.8 Å². The molecule has 0 atom stereocenters. The molecule has 0 bridgehead atoms. The van der Waals surface area contributed by atoms with E-state index in [4.69, 9.17) is 16.6 Å². The Bertz CT molecular complexity index is 945. The van der Waals surface area contributed by atoms with E-state index in [1.54, 1.807) is 12.1 Å². The summed E-state index contributed by atoms with van der Waals surface area (Å²) in [5.41, 5.74) is -0.987. The van der Waals surface area contributed by atoms with Crippen LogP contribution in [-0.4, -0.2) is 14.9 Å². The molecule has 0 aliphatic rings. The molecular formula is C16H11F5N4OS. The zero-order valence-electron chi connectivity index (χ0n) is 13.4. The first-order valence-corrected chi connectivity index (χ1v) is 7.88. The average molecular weight is 402 g/mol. The summed E-state index contributed by atoms with van der Waals surface area (Å²) in [6.45, 7) is -0.329. The number of nitrogens with zero attached hydrogens (tertiary/aromatic N) is 2. The zero-order chi connectivity index (χ0) is 19.6. The van der Waals surface area contributed by atoms with E-state index in [1.807, 2.05) is 0 Å². The molecule has 142 valence electrons. The summed E-state index contributed by atoms with van der Waals surface area (Å²) in [4.78, 5) is 0. The van der Waals surface area contributed by atoms with Gasteiger partial charge >= 0.3 is 0 Å². The fourth-order valence-corrected chi connectivity index (χ4v) is 2.39. The summed E-state index contributed by atoms with van der Waals surface area (Å²) >= 11 is 5.06. The van der Waals surface area contributed by atoms with Crippen molar-refractivity contribution in [2.75, 3.05) is 5.32 Å². The first kappa shape index (κ1) is 18.8. The van der Waals surface area contributed by atoms with Gasteiger partial charge in [0, 0.05) is 12.3 Å². The molecule has 2 N–H and O–H groups in total. The fourth-order valence-electron chi connectivity index (χ4n) is 2.21. The minimum absolute atomic E-state index is 0.202. The van der Waals surface area contributed by atoms with Crippen molar-refractivity contribution in [3.8, 4) is 0 Å². The van der Waals surface area contributed by atoms with Crippen LogP contribution in [0.15, 0.2) is 35.1 Å². The summed E-state index contributed by atoms with van der Waals surface area (Å²) in [5, 5.41) is 9.71. The summed E-state index contributed by atoms with van der Waals surface area (Å²) in [6, 6.07) is 4.88. The predicted octanol–water partition coefficient (Wildman–Crippen LogP) is 3.71. The van der Waals surface area contributed by atoms with Crippen LogP contribution in [0.1, 0.15) is 11.3 Å². The van der Waals surface area contributed by atoms with E-state index in [1.165, 1.54) is 18.5 Å². The molecule has 27 heavy (non-hydrogen) atoms. The van der Waals surface area contributed by atoms with E-state index in [0.717, 1.165) is 4.68 Å². The van der Waals surface area contributed by atoms with Crippen LogP contribution in [-0.2, 0) is 13.1 Å². The highest BCUT2D eigenvalue weighted by atomic mass is 32.1. The van der Waals surface area contributed by atoms with Gasteiger partial charge < -0.3 is 15.1 Å². The maximum Gasteiger partial charge on any atom is 0.200 e. The minimum atomic E-state index is -2.20. The summed E-state index contributed by atoms with van der Waals surface area (Å²) in [6.07, 6.45) is 2.81. The number of hydrogen-bond acceptors (Lipinski definition) is 3. The van der Waals surface area contributed by atoms with Crippen LogP contribution >= 0.6 is 12.2 Å². The second-order valence-electron chi connectivity index (χ2n) is 5.33. The number of nitrogens with one attached hydrogen (secondary N) is 2. The van der Waals surface area contributed by atoms with E-state index >= 15 is 0 Å². The van der Waals surface area contributed by atoms with Crippen molar-refractivity contribution in [2.24, 2.45) is 0 Å². The van der Waals surface area contributed by atoms with Crippen LogP contribution in [0.2, 0.25) is 0 Å². The first-order chi connectivity index (χ1) is 12.9. The van der Waals surface area contributed by atoms with Gasteiger partial charge in [-0.3, -0.25) is 4.68 Å². The molecule has 2 heterocycles. The number of thiocarbonyl (C=S) groups is 1.